The number of furan rings is 1. The van der Waals surface area contributed by atoms with Gasteiger partial charge in [0.25, 0.3) is 0 Å². The van der Waals surface area contributed by atoms with Crippen LogP contribution in [0.4, 0.5) is 0 Å². The molecule has 1 atom stereocenters. The summed E-state index contributed by atoms with van der Waals surface area (Å²) < 4.78 is 16.3. The Hall–Kier alpha value is -0.840. The molecule has 0 saturated carbocycles. The molecule has 0 saturated heterocycles. The molecule has 98 valence electrons. The number of ether oxygens (including phenoxy) is 2. The number of hydrogen-bond donors (Lipinski definition) is 1. The van der Waals surface area contributed by atoms with Gasteiger partial charge in [-0.05, 0) is 32.9 Å². The van der Waals surface area contributed by atoms with E-state index < -0.39 is 0 Å². The molecule has 0 bridgehead atoms. The van der Waals surface area contributed by atoms with Crippen molar-refractivity contribution in [2.75, 3.05) is 19.8 Å². The Labute approximate surface area is 103 Å². The normalized spacial score (nSPS) is 13.2. The molecule has 0 spiro atoms. The highest BCUT2D eigenvalue weighted by Crippen LogP contribution is 2.12. The number of nitrogens with one attached hydrogen (secondary N) is 1. The lowest BCUT2D eigenvalue weighted by Crippen LogP contribution is -2.26. The van der Waals surface area contributed by atoms with Crippen molar-refractivity contribution in [2.24, 2.45) is 0 Å². The minimum atomic E-state index is -0.110. The van der Waals surface area contributed by atoms with Gasteiger partial charge in [0.15, 0.2) is 6.29 Å². The summed E-state index contributed by atoms with van der Waals surface area (Å²) in [6, 6.07) is 4.09. The molecule has 1 rings (SSSR count). The van der Waals surface area contributed by atoms with Crippen molar-refractivity contribution in [3.63, 3.8) is 0 Å². The Morgan fingerprint density at radius 3 is 2.53 bits per heavy atom. The van der Waals surface area contributed by atoms with Gasteiger partial charge in [-0.3, -0.25) is 0 Å². The Kier molecular flexibility index (Phi) is 6.93. The zero-order valence-electron chi connectivity index (χ0n) is 10.9. The molecule has 0 fully saturated rings. The third-order valence-corrected chi connectivity index (χ3v) is 2.51. The van der Waals surface area contributed by atoms with Crippen LogP contribution in [0.15, 0.2) is 22.8 Å². The van der Waals surface area contributed by atoms with Crippen LogP contribution in [0.25, 0.3) is 0 Å². The van der Waals surface area contributed by atoms with E-state index >= 15 is 0 Å². The first-order valence-electron chi connectivity index (χ1n) is 6.27. The molecule has 0 aliphatic rings. The second-order valence-corrected chi connectivity index (χ2v) is 3.82. The number of rotatable bonds is 9. The van der Waals surface area contributed by atoms with E-state index in [1.54, 1.807) is 6.26 Å². The van der Waals surface area contributed by atoms with E-state index in [1.165, 1.54) is 0 Å². The van der Waals surface area contributed by atoms with Gasteiger partial charge in [0.1, 0.15) is 5.76 Å². The zero-order valence-corrected chi connectivity index (χ0v) is 10.9. The lowest BCUT2D eigenvalue weighted by atomic mass is 10.2. The van der Waals surface area contributed by atoms with Crippen LogP contribution in [-0.2, 0) is 9.47 Å². The summed E-state index contributed by atoms with van der Waals surface area (Å²) in [6.45, 7) is 8.23. The number of hydrogen-bond acceptors (Lipinski definition) is 4. The molecule has 1 N–H and O–H groups in total. The Balaban J connectivity index is 2.21. The topological polar surface area (TPSA) is 43.6 Å². The third kappa shape index (κ3) is 5.35. The highest BCUT2D eigenvalue weighted by atomic mass is 16.7. The first-order valence-corrected chi connectivity index (χ1v) is 6.27. The summed E-state index contributed by atoms with van der Waals surface area (Å²) in [5.41, 5.74) is 0. The minimum absolute atomic E-state index is 0.110. The van der Waals surface area contributed by atoms with E-state index in [-0.39, 0.29) is 12.3 Å². The van der Waals surface area contributed by atoms with Gasteiger partial charge in [0, 0.05) is 26.2 Å². The fourth-order valence-corrected chi connectivity index (χ4v) is 1.64. The van der Waals surface area contributed by atoms with Gasteiger partial charge in [-0.15, -0.1) is 0 Å². The average molecular weight is 241 g/mol. The van der Waals surface area contributed by atoms with Gasteiger partial charge < -0.3 is 19.2 Å². The van der Waals surface area contributed by atoms with Crippen LogP contribution in [0, 0.1) is 0 Å². The first-order chi connectivity index (χ1) is 8.27. The van der Waals surface area contributed by atoms with Crippen molar-refractivity contribution in [1.29, 1.82) is 0 Å². The van der Waals surface area contributed by atoms with Gasteiger partial charge in [0.2, 0.25) is 0 Å². The SMILES string of the molecule is CCOC(CCN[C@H](C)c1ccco1)OCC. The van der Waals surface area contributed by atoms with Crippen molar-refractivity contribution in [3.05, 3.63) is 24.2 Å². The molecule has 1 aromatic rings. The molecule has 0 radical (unpaired) electrons. The van der Waals surface area contributed by atoms with E-state index in [2.05, 4.69) is 12.2 Å². The predicted octanol–water partition coefficient (Wildman–Crippen LogP) is 2.72. The average Bonchev–Trinajstić information content (AvgIpc) is 2.83. The van der Waals surface area contributed by atoms with E-state index in [4.69, 9.17) is 13.9 Å². The fourth-order valence-electron chi connectivity index (χ4n) is 1.64. The van der Waals surface area contributed by atoms with Crippen molar-refractivity contribution in [1.82, 2.24) is 5.32 Å². The summed E-state index contributed by atoms with van der Waals surface area (Å²) in [6.07, 6.45) is 2.42. The first kappa shape index (κ1) is 14.2. The van der Waals surface area contributed by atoms with Crippen LogP contribution in [0.1, 0.15) is 39.0 Å². The van der Waals surface area contributed by atoms with Crippen LogP contribution < -0.4 is 5.32 Å². The van der Waals surface area contributed by atoms with Gasteiger partial charge in [-0.25, -0.2) is 0 Å². The summed E-state index contributed by atoms with van der Waals surface area (Å²) in [4.78, 5) is 0. The molecular formula is C13H23NO3. The predicted molar refractivity (Wildman–Crippen MR) is 66.8 cm³/mol. The molecule has 0 aliphatic heterocycles. The minimum Gasteiger partial charge on any atom is -0.468 e. The van der Waals surface area contributed by atoms with Crippen LogP contribution in [0.2, 0.25) is 0 Å². The second-order valence-electron chi connectivity index (χ2n) is 3.82. The fraction of sp³-hybridized carbons (Fsp3) is 0.692. The molecule has 0 aromatic carbocycles. The Morgan fingerprint density at radius 1 is 1.29 bits per heavy atom. The van der Waals surface area contributed by atoms with Crippen LogP contribution in [0.3, 0.4) is 0 Å². The quantitative estimate of drug-likeness (QED) is 0.675. The van der Waals surface area contributed by atoms with Crippen LogP contribution >= 0.6 is 0 Å². The van der Waals surface area contributed by atoms with Crippen molar-refractivity contribution < 1.29 is 13.9 Å². The van der Waals surface area contributed by atoms with Crippen LogP contribution in [0.5, 0.6) is 0 Å². The summed E-state index contributed by atoms with van der Waals surface area (Å²) in [5.74, 6) is 0.953. The van der Waals surface area contributed by atoms with Crippen molar-refractivity contribution in [3.8, 4) is 0 Å². The maximum absolute atomic E-state index is 5.47. The molecule has 0 aliphatic carbocycles. The third-order valence-electron chi connectivity index (χ3n) is 2.51. The van der Waals surface area contributed by atoms with E-state index in [1.807, 2.05) is 26.0 Å². The van der Waals surface area contributed by atoms with Gasteiger partial charge in [0.05, 0.1) is 12.3 Å². The second kappa shape index (κ2) is 8.28. The molecule has 0 amide bonds. The molecule has 4 nitrogen and oxygen atoms in total. The smallest absolute Gasteiger partial charge is 0.158 e. The summed E-state index contributed by atoms with van der Waals surface area (Å²) >= 11 is 0. The monoisotopic (exact) mass is 241 g/mol. The highest BCUT2D eigenvalue weighted by Gasteiger charge is 2.10. The van der Waals surface area contributed by atoms with E-state index in [0.717, 1.165) is 18.7 Å². The van der Waals surface area contributed by atoms with Gasteiger partial charge >= 0.3 is 0 Å². The summed E-state index contributed by atoms with van der Waals surface area (Å²) in [5, 5.41) is 3.38. The maximum Gasteiger partial charge on any atom is 0.158 e. The zero-order chi connectivity index (χ0) is 12.5. The molecule has 1 heterocycles. The molecule has 17 heavy (non-hydrogen) atoms. The highest BCUT2D eigenvalue weighted by molar-refractivity contribution is 5.02. The van der Waals surface area contributed by atoms with Gasteiger partial charge in [-0.1, -0.05) is 0 Å². The lowest BCUT2D eigenvalue weighted by molar-refractivity contribution is -0.138. The van der Waals surface area contributed by atoms with Gasteiger partial charge in [-0.2, -0.15) is 0 Å². The largest absolute Gasteiger partial charge is 0.468 e. The molecule has 4 heteroatoms. The van der Waals surface area contributed by atoms with Crippen molar-refractivity contribution in [2.45, 2.75) is 39.5 Å². The Bertz CT molecular complexity index is 268. The maximum atomic E-state index is 5.47. The van der Waals surface area contributed by atoms with E-state index in [0.29, 0.717) is 13.2 Å². The lowest BCUT2D eigenvalue weighted by Gasteiger charge is -2.18. The standard InChI is InChI=1S/C13H23NO3/c1-4-15-13(16-5-2)8-9-14-11(3)12-7-6-10-17-12/h6-7,10-11,13-14H,4-5,8-9H2,1-3H3/t11-/m1/s1. The summed E-state index contributed by atoms with van der Waals surface area (Å²) in [7, 11) is 0. The van der Waals surface area contributed by atoms with E-state index in [9.17, 15) is 0 Å². The molecule has 1 aromatic heterocycles. The van der Waals surface area contributed by atoms with Crippen LogP contribution in [-0.4, -0.2) is 26.0 Å². The Morgan fingerprint density at radius 2 is 2.00 bits per heavy atom. The molecular weight excluding hydrogens is 218 g/mol. The van der Waals surface area contributed by atoms with Crippen molar-refractivity contribution >= 4 is 0 Å². The molecule has 0 unspecified atom stereocenters.